The second-order valence-corrected chi connectivity index (χ2v) is 6.43. The van der Waals surface area contributed by atoms with Gasteiger partial charge in [0, 0.05) is 34.6 Å². The van der Waals surface area contributed by atoms with Crippen molar-refractivity contribution in [3.63, 3.8) is 0 Å². The molecule has 0 saturated carbocycles. The predicted molar refractivity (Wildman–Crippen MR) is 118 cm³/mol. The molecule has 4 rings (SSSR count). The highest BCUT2D eigenvalue weighted by Crippen LogP contribution is 2.39. The summed E-state index contributed by atoms with van der Waals surface area (Å²) in [5.41, 5.74) is 6.41. The number of pyridine rings is 1. The second kappa shape index (κ2) is 7.83. The van der Waals surface area contributed by atoms with E-state index in [4.69, 9.17) is 0 Å². The Labute approximate surface area is 166 Å². The molecule has 0 bridgehead atoms. The molecule has 28 heavy (non-hydrogen) atoms. The minimum Gasteiger partial charge on any atom is -0.264 e. The lowest BCUT2D eigenvalue weighted by Gasteiger charge is -2.16. The average molecular weight is 357 g/mol. The van der Waals surface area contributed by atoms with Crippen molar-refractivity contribution in [3.8, 4) is 45.9 Å². The van der Waals surface area contributed by atoms with Crippen LogP contribution in [0, 0.1) is 23.7 Å². The van der Waals surface area contributed by atoms with Gasteiger partial charge in [-0.3, -0.25) is 4.98 Å². The molecule has 0 spiro atoms. The van der Waals surface area contributed by atoms with Crippen LogP contribution in [0.2, 0.25) is 0 Å². The average Bonchev–Trinajstić information content (AvgIpc) is 2.74. The Kier molecular flexibility index (Phi) is 4.92. The Balaban J connectivity index is 2.12. The van der Waals surface area contributed by atoms with Gasteiger partial charge in [-0.2, -0.15) is 0 Å². The third-order valence-electron chi connectivity index (χ3n) is 4.75. The van der Waals surface area contributed by atoms with Crippen molar-refractivity contribution in [2.24, 2.45) is 0 Å². The summed E-state index contributed by atoms with van der Waals surface area (Å²) in [7, 11) is 0. The van der Waals surface area contributed by atoms with E-state index in [1.54, 1.807) is 6.20 Å². The molecular formula is C27H19N. The molecule has 4 aromatic rings. The van der Waals surface area contributed by atoms with Crippen molar-refractivity contribution < 1.29 is 0 Å². The van der Waals surface area contributed by atoms with Crippen molar-refractivity contribution in [1.29, 1.82) is 0 Å². The van der Waals surface area contributed by atoms with E-state index in [1.165, 1.54) is 16.3 Å². The van der Waals surface area contributed by atoms with Crippen LogP contribution in [-0.4, -0.2) is 4.98 Å². The molecule has 0 radical (unpaired) electrons. The van der Waals surface area contributed by atoms with Crippen LogP contribution in [0.5, 0.6) is 0 Å². The molecule has 0 fully saturated rings. The van der Waals surface area contributed by atoms with E-state index in [9.17, 15) is 0 Å². The van der Waals surface area contributed by atoms with Gasteiger partial charge in [-0.1, -0.05) is 66.4 Å². The highest BCUT2D eigenvalue weighted by Gasteiger charge is 2.16. The van der Waals surface area contributed by atoms with Gasteiger partial charge in [0.1, 0.15) is 0 Å². The van der Waals surface area contributed by atoms with Crippen molar-refractivity contribution in [3.05, 3.63) is 90.3 Å². The Morgan fingerprint density at radius 2 is 1.36 bits per heavy atom. The van der Waals surface area contributed by atoms with Gasteiger partial charge in [0.15, 0.2) is 0 Å². The van der Waals surface area contributed by atoms with Gasteiger partial charge in [-0.25, -0.2) is 0 Å². The lowest BCUT2D eigenvalue weighted by molar-refractivity contribution is 1.32. The third-order valence-corrected chi connectivity index (χ3v) is 4.75. The smallest absolute Gasteiger partial charge is 0.0359 e. The zero-order valence-electron chi connectivity index (χ0n) is 16.0. The first kappa shape index (κ1) is 17.6. The molecule has 0 aliphatic carbocycles. The fraction of sp³-hybridized carbons (Fsp3) is 0.0741. The van der Waals surface area contributed by atoms with Crippen molar-refractivity contribution in [2.75, 3.05) is 0 Å². The molecule has 0 aliphatic heterocycles. The maximum atomic E-state index is 4.37. The van der Waals surface area contributed by atoms with Crippen LogP contribution in [0.4, 0.5) is 0 Å². The minimum absolute atomic E-state index is 0.973. The van der Waals surface area contributed by atoms with Crippen molar-refractivity contribution in [2.45, 2.75) is 13.8 Å². The van der Waals surface area contributed by atoms with Crippen LogP contribution >= 0.6 is 0 Å². The van der Waals surface area contributed by atoms with E-state index in [-0.39, 0.29) is 0 Å². The summed E-state index contributed by atoms with van der Waals surface area (Å²) in [6.07, 6.45) is 3.68. The van der Waals surface area contributed by atoms with Crippen LogP contribution in [0.15, 0.2) is 79.1 Å². The van der Waals surface area contributed by atoms with Crippen LogP contribution in [0.3, 0.4) is 0 Å². The summed E-state index contributed by atoms with van der Waals surface area (Å²) in [5, 5.41) is 2.42. The Bertz CT molecular complexity index is 1290. The van der Waals surface area contributed by atoms with Gasteiger partial charge in [0.05, 0.1) is 0 Å². The topological polar surface area (TPSA) is 12.9 Å². The molecule has 132 valence electrons. The standard InChI is InChI=1S/C27H19N/c1-3-9-20-17-18-28-19-26(20)25-16-8-13-22(10-4-2)27(25)24-15-7-12-21-11-5-6-14-23(21)24/h5-8,11-19H,1-2H3. The molecule has 1 nitrogen and oxygen atoms in total. The van der Waals surface area contributed by atoms with Gasteiger partial charge in [-0.15, -0.1) is 11.8 Å². The van der Waals surface area contributed by atoms with Crippen molar-refractivity contribution >= 4 is 10.8 Å². The fourth-order valence-electron chi connectivity index (χ4n) is 3.60. The maximum absolute atomic E-state index is 4.37. The van der Waals surface area contributed by atoms with Crippen LogP contribution < -0.4 is 0 Å². The molecule has 0 N–H and O–H groups in total. The van der Waals surface area contributed by atoms with E-state index in [0.717, 1.165) is 27.8 Å². The van der Waals surface area contributed by atoms with E-state index < -0.39 is 0 Å². The molecule has 1 heterocycles. The summed E-state index contributed by atoms with van der Waals surface area (Å²) < 4.78 is 0. The number of hydrogen-bond donors (Lipinski definition) is 0. The van der Waals surface area contributed by atoms with Crippen LogP contribution in [-0.2, 0) is 0 Å². The summed E-state index contributed by atoms with van der Waals surface area (Å²) >= 11 is 0. The van der Waals surface area contributed by atoms with Gasteiger partial charge in [0.25, 0.3) is 0 Å². The molecule has 1 heteroatoms. The first-order valence-corrected chi connectivity index (χ1v) is 9.24. The molecule has 3 aromatic carbocycles. The normalized spacial score (nSPS) is 9.93. The second-order valence-electron chi connectivity index (χ2n) is 6.43. The number of nitrogens with zero attached hydrogens (tertiary/aromatic N) is 1. The fourth-order valence-corrected chi connectivity index (χ4v) is 3.60. The van der Waals surface area contributed by atoms with Gasteiger partial charge in [0.2, 0.25) is 0 Å². The Morgan fingerprint density at radius 3 is 2.21 bits per heavy atom. The molecule has 1 aromatic heterocycles. The SMILES string of the molecule is CC#Cc1ccncc1-c1cccc(C#CC)c1-c1cccc2ccccc12. The molecule has 0 amide bonds. The molecule has 0 unspecified atom stereocenters. The van der Waals surface area contributed by atoms with Crippen LogP contribution in [0.1, 0.15) is 25.0 Å². The molecule has 0 atom stereocenters. The highest BCUT2D eigenvalue weighted by molar-refractivity contribution is 6.02. The lowest BCUT2D eigenvalue weighted by Crippen LogP contribution is -1.94. The van der Waals surface area contributed by atoms with Gasteiger partial charge >= 0.3 is 0 Å². The third kappa shape index (κ3) is 3.16. The van der Waals surface area contributed by atoms with E-state index >= 15 is 0 Å². The first-order chi connectivity index (χ1) is 13.8. The summed E-state index contributed by atoms with van der Waals surface area (Å²) in [5.74, 6) is 12.6. The quantitative estimate of drug-likeness (QED) is 0.383. The molecular weight excluding hydrogens is 338 g/mol. The van der Waals surface area contributed by atoms with Crippen LogP contribution in [0.25, 0.3) is 33.0 Å². The largest absolute Gasteiger partial charge is 0.264 e. The summed E-state index contributed by atoms with van der Waals surface area (Å²) in [6.45, 7) is 3.73. The maximum Gasteiger partial charge on any atom is 0.0359 e. The zero-order valence-corrected chi connectivity index (χ0v) is 16.0. The predicted octanol–water partition coefficient (Wildman–Crippen LogP) is 6.31. The van der Waals surface area contributed by atoms with Gasteiger partial charge in [-0.05, 0) is 47.9 Å². The first-order valence-electron chi connectivity index (χ1n) is 9.24. The van der Waals surface area contributed by atoms with E-state index in [0.29, 0.717) is 0 Å². The van der Waals surface area contributed by atoms with Gasteiger partial charge < -0.3 is 0 Å². The summed E-state index contributed by atoms with van der Waals surface area (Å²) in [4.78, 5) is 4.37. The number of aromatic nitrogens is 1. The highest BCUT2D eigenvalue weighted by atomic mass is 14.6. The number of benzene rings is 3. The zero-order chi connectivity index (χ0) is 19.3. The summed E-state index contributed by atoms with van der Waals surface area (Å²) in [6, 6.07) is 23.1. The lowest BCUT2D eigenvalue weighted by atomic mass is 9.87. The molecule has 0 aliphatic rings. The van der Waals surface area contributed by atoms with E-state index in [2.05, 4.69) is 89.3 Å². The monoisotopic (exact) mass is 357 g/mol. The van der Waals surface area contributed by atoms with E-state index in [1.807, 2.05) is 26.1 Å². The molecule has 0 saturated heterocycles. The minimum atomic E-state index is 0.973. The number of fused-ring (bicyclic) bond motifs is 1. The Hall–Kier alpha value is -3.81. The number of rotatable bonds is 2. The van der Waals surface area contributed by atoms with Crippen molar-refractivity contribution in [1.82, 2.24) is 4.98 Å². The number of hydrogen-bond acceptors (Lipinski definition) is 1. The Morgan fingerprint density at radius 1 is 0.643 bits per heavy atom.